The van der Waals surface area contributed by atoms with Gasteiger partial charge in [0.15, 0.2) is 11.5 Å². The van der Waals surface area contributed by atoms with Gasteiger partial charge >= 0.3 is 0 Å². The van der Waals surface area contributed by atoms with Gasteiger partial charge in [0, 0.05) is 19.2 Å². The predicted molar refractivity (Wildman–Crippen MR) is 145 cm³/mol. The number of fused-ring (bicyclic) bond motifs is 1. The molecule has 3 rings (SSSR count). The first-order valence-electron chi connectivity index (χ1n) is 12.6. The number of ether oxygens (including phenoxy) is 3. The van der Waals surface area contributed by atoms with Gasteiger partial charge in [0.2, 0.25) is 21.8 Å². The average molecular weight is 548 g/mol. The highest BCUT2D eigenvalue weighted by Gasteiger charge is 2.32. The van der Waals surface area contributed by atoms with Crippen molar-refractivity contribution in [2.45, 2.75) is 39.8 Å². The van der Waals surface area contributed by atoms with Crippen molar-refractivity contribution in [3.8, 4) is 17.2 Å². The lowest BCUT2D eigenvalue weighted by molar-refractivity contribution is -0.140. The van der Waals surface area contributed by atoms with Crippen LogP contribution < -0.4 is 23.8 Å². The quantitative estimate of drug-likeness (QED) is 0.435. The van der Waals surface area contributed by atoms with Crippen LogP contribution in [0.1, 0.15) is 32.8 Å². The second-order valence-corrected chi connectivity index (χ2v) is 11.4. The number of nitrogens with zero attached hydrogens (tertiary/aromatic N) is 2. The average Bonchev–Trinajstić information content (AvgIpc) is 2.89. The summed E-state index contributed by atoms with van der Waals surface area (Å²) in [6.07, 6.45) is 1.39. The van der Waals surface area contributed by atoms with E-state index >= 15 is 0 Å². The summed E-state index contributed by atoms with van der Waals surface area (Å²) in [6, 6.07) is 11.1. The first-order valence-corrected chi connectivity index (χ1v) is 14.5. The molecule has 0 saturated heterocycles. The normalized spacial score (nSPS) is 13.5. The maximum atomic E-state index is 13.8. The molecule has 1 heterocycles. The molecule has 2 aromatic rings. The van der Waals surface area contributed by atoms with Gasteiger partial charge in [-0.05, 0) is 42.2 Å². The van der Waals surface area contributed by atoms with Gasteiger partial charge in [-0.3, -0.25) is 13.9 Å². The summed E-state index contributed by atoms with van der Waals surface area (Å²) >= 11 is 0. The summed E-state index contributed by atoms with van der Waals surface area (Å²) in [6.45, 7) is 6.60. The molecule has 0 aromatic heterocycles. The Morgan fingerprint density at radius 2 is 1.79 bits per heavy atom. The maximum absolute atomic E-state index is 13.8. The molecule has 1 atom stereocenters. The Hall–Kier alpha value is -3.47. The summed E-state index contributed by atoms with van der Waals surface area (Å²) in [5, 5.41) is 2.91. The van der Waals surface area contributed by atoms with Crippen molar-refractivity contribution in [1.82, 2.24) is 10.2 Å². The number of amides is 2. The summed E-state index contributed by atoms with van der Waals surface area (Å²) < 4.78 is 43.2. The Balaban J connectivity index is 1.95. The molecule has 1 aliphatic heterocycles. The molecule has 0 radical (unpaired) electrons. The number of carbonyl (C=O) groups excluding carboxylic acids is 2. The van der Waals surface area contributed by atoms with Gasteiger partial charge in [0.1, 0.15) is 31.5 Å². The predicted octanol–water partition coefficient (Wildman–Crippen LogP) is 2.81. The van der Waals surface area contributed by atoms with Crippen LogP contribution >= 0.6 is 0 Å². The van der Waals surface area contributed by atoms with Crippen LogP contribution in [0.3, 0.4) is 0 Å². The van der Waals surface area contributed by atoms with Crippen molar-refractivity contribution in [2.24, 2.45) is 5.92 Å². The topological polar surface area (TPSA) is 114 Å². The largest absolute Gasteiger partial charge is 0.497 e. The molecule has 2 aromatic carbocycles. The third kappa shape index (κ3) is 7.53. The minimum atomic E-state index is -3.86. The van der Waals surface area contributed by atoms with E-state index in [1.54, 1.807) is 43.5 Å². The van der Waals surface area contributed by atoms with E-state index in [0.29, 0.717) is 43.4 Å². The third-order valence-electron chi connectivity index (χ3n) is 6.05. The van der Waals surface area contributed by atoms with Crippen molar-refractivity contribution in [1.29, 1.82) is 0 Å². The standard InChI is InChI=1S/C27H37N3O7S/c1-6-23(27(32)28-16-19(2)3)29(17-20-8-7-9-22(14-20)35-4)26(31)18-30(38(5,33)34)21-10-11-24-25(15-21)37-13-12-36-24/h7-11,14-15,19,23H,6,12-13,16-18H2,1-5H3,(H,28,32). The second-order valence-electron chi connectivity index (χ2n) is 9.53. The van der Waals surface area contributed by atoms with E-state index in [1.807, 2.05) is 26.8 Å². The summed E-state index contributed by atoms with van der Waals surface area (Å²) in [4.78, 5) is 28.4. The lowest BCUT2D eigenvalue weighted by atomic mass is 10.1. The number of anilines is 1. The maximum Gasteiger partial charge on any atom is 0.244 e. The Kier molecular flexibility index (Phi) is 9.84. The molecule has 10 nitrogen and oxygen atoms in total. The molecular formula is C27H37N3O7S. The van der Waals surface area contributed by atoms with Crippen molar-refractivity contribution in [3.63, 3.8) is 0 Å². The molecular weight excluding hydrogens is 510 g/mol. The summed E-state index contributed by atoms with van der Waals surface area (Å²) in [7, 11) is -2.31. The fourth-order valence-electron chi connectivity index (χ4n) is 4.11. The van der Waals surface area contributed by atoms with E-state index in [0.717, 1.165) is 16.1 Å². The minimum Gasteiger partial charge on any atom is -0.497 e. The molecule has 0 saturated carbocycles. The smallest absolute Gasteiger partial charge is 0.244 e. The van der Waals surface area contributed by atoms with Gasteiger partial charge in [0.05, 0.1) is 19.1 Å². The summed E-state index contributed by atoms with van der Waals surface area (Å²) in [5.74, 6) is 0.952. The zero-order valence-corrected chi connectivity index (χ0v) is 23.4. The number of hydrogen-bond acceptors (Lipinski definition) is 7. The van der Waals surface area contributed by atoms with Crippen molar-refractivity contribution < 1.29 is 32.2 Å². The first-order chi connectivity index (χ1) is 18.0. The fraction of sp³-hybridized carbons (Fsp3) is 0.481. The van der Waals surface area contributed by atoms with E-state index in [2.05, 4.69) is 5.32 Å². The van der Waals surface area contributed by atoms with Crippen molar-refractivity contribution in [3.05, 3.63) is 48.0 Å². The monoisotopic (exact) mass is 547 g/mol. The highest BCUT2D eigenvalue weighted by molar-refractivity contribution is 7.92. The minimum absolute atomic E-state index is 0.0996. The number of carbonyl (C=O) groups is 2. The Labute approximate surface area is 224 Å². The van der Waals surface area contributed by atoms with Gasteiger partial charge in [-0.25, -0.2) is 8.42 Å². The van der Waals surface area contributed by atoms with Crippen molar-refractivity contribution in [2.75, 3.05) is 44.0 Å². The van der Waals surface area contributed by atoms with Crippen LogP contribution in [0.25, 0.3) is 0 Å². The highest BCUT2D eigenvalue weighted by Crippen LogP contribution is 2.34. The summed E-state index contributed by atoms with van der Waals surface area (Å²) in [5.41, 5.74) is 1.02. The van der Waals surface area contributed by atoms with Crippen LogP contribution in [0.15, 0.2) is 42.5 Å². The van der Waals surface area contributed by atoms with E-state index in [4.69, 9.17) is 14.2 Å². The fourth-order valence-corrected chi connectivity index (χ4v) is 4.95. The van der Waals surface area contributed by atoms with Crippen LogP contribution in [0.4, 0.5) is 5.69 Å². The number of sulfonamides is 1. The first kappa shape index (κ1) is 29.1. The number of benzene rings is 2. The molecule has 0 spiro atoms. The number of rotatable bonds is 12. The number of methoxy groups -OCH3 is 1. The molecule has 0 aliphatic carbocycles. The van der Waals surface area contributed by atoms with Crippen LogP contribution in [0.5, 0.6) is 17.2 Å². The van der Waals surface area contributed by atoms with E-state index in [9.17, 15) is 18.0 Å². The Morgan fingerprint density at radius 1 is 1.08 bits per heavy atom. The molecule has 0 bridgehead atoms. The van der Waals surface area contributed by atoms with E-state index in [-0.39, 0.29) is 24.1 Å². The second kappa shape index (κ2) is 12.9. The van der Waals surface area contributed by atoms with Crippen molar-refractivity contribution >= 4 is 27.5 Å². The van der Waals surface area contributed by atoms with Crippen LogP contribution in [0.2, 0.25) is 0 Å². The van der Waals surface area contributed by atoms with Gasteiger partial charge < -0.3 is 24.4 Å². The molecule has 0 fully saturated rings. The molecule has 1 N–H and O–H groups in total. The zero-order valence-electron chi connectivity index (χ0n) is 22.6. The molecule has 1 aliphatic rings. The molecule has 1 unspecified atom stereocenters. The molecule has 11 heteroatoms. The Bertz CT molecular complexity index is 1230. The molecule has 38 heavy (non-hydrogen) atoms. The highest BCUT2D eigenvalue weighted by atomic mass is 32.2. The lowest BCUT2D eigenvalue weighted by Gasteiger charge is -2.33. The number of nitrogens with one attached hydrogen (secondary N) is 1. The molecule has 208 valence electrons. The number of hydrogen-bond donors (Lipinski definition) is 1. The van der Waals surface area contributed by atoms with Gasteiger partial charge in [-0.2, -0.15) is 0 Å². The van der Waals surface area contributed by atoms with Crippen LogP contribution in [0, 0.1) is 5.92 Å². The van der Waals surface area contributed by atoms with Crippen LogP contribution in [-0.4, -0.2) is 70.8 Å². The zero-order chi connectivity index (χ0) is 27.9. The molecule has 2 amide bonds. The van der Waals surface area contributed by atoms with Gasteiger partial charge in [-0.1, -0.05) is 32.9 Å². The third-order valence-corrected chi connectivity index (χ3v) is 7.19. The van der Waals surface area contributed by atoms with E-state index in [1.165, 1.54) is 4.90 Å². The van der Waals surface area contributed by atoms with Gasteiger partial charge in [0.25, 0.3) is 0 Å². The van der Waals surface area contributed by atoms with E-state index < -0.39 is 28.5 Å². The van der Waals surface area contributed by atoms with Gasteiger partial charge in [-0.15, -0.1) is 0 Å². The Morgan fingerprint density at radius 3 is 2.42 bits per heavy atom. The lowest BCUT2D eigenvalue weighted by Crippen LogP contribution is -2.52. The van der Waals surface area contributed by atoms with Crippen LogP contribution in [-0.2, 0) is 26.2 Å². The SMILES string of the molecule is CCC(C(=O)NCC(C)C)N(Cc1cccc(OC)c1)C(=O)CN(c1ccc2c(c1)OCCO2)S(C)(=O)=O.